The van der Waals surface area contributed by atoms with Crippen LogP contribution in [0.5, 0.6) is 0 Å². The molecule has 0 radical (unpaired) electrons. The van der Waals surface area contributed by atoms with E-state index in [0.29, 0.717) is 17.6 Å². The zero-order chi connectivity index (χ0) is 21.3. The van der Waals surface area contributed by atoms with E-state index in [4.69, 9.17) is 0 Å². The van der Waals surface area contributed by atoms with Crippen molar-refractivity contribution >= 4 is 11.6 Å². The van der Waals surface area contributed by atoms with Crippen molar-refractivity contribution in [3.8, 4) is 12.1 Å². The number of benzene rings is 2. The van der Waals surface area contributed by atoms with Gasteiger partial charge < -0.3 is 0 Å². The molecule has 30 heavy (non-hydrogen) atoms. The Kier molecular flexibility index (Phi) is 5.69. The van der Waals surface area contributed by atoms with Crippen molar-refractivity contribution in [2.75, 3.05) is 0 Å². The van der Waals surface area contributed by atoms with Crippen LogP contribution in [0.2, 0.25) is 0 Å². The van der Waals surface area contributed by atoms with Gasteiger partial charge in [-0.1, -0.05) is 25.8 Å². The van der Waals surface area contributed by atoms with Crippen molar-refractivity contribution in [3.05, 3.63) is 69.3 Å². The van der Waals surface area contributed by atoms with Crippen LogP contribution in [0.3, 0.4) is 0 Å². The molecule has 0 bridgehead atoms. The van der Waals surface area contributed by atoms with Gasteiger partial charge in [-0.3, -0.25) is 0 Å². The van der Waals surface area contributed by atoms with E-state index in [0.717, 1.165) is 48.3 Å². The molecule has 1 fully saturated rings. The van der Waals surface area contributed by atoms with Crippen LogP contribution in [0.25, 0.3) is 11.6 Å². The van der Waals surface area contributed by atoms with E-state index in [2.05, 4.69) is 6.92 Å². The Morgan fingerprint density at radius 3 is 2.17 bits per heavy atom. The SMILES string of the molecule is CCCC1CCC(c2cc(F)c(C3=Cc4cc(C#N)c(C#N)cc4C3)c(F)c2)CC1. The summed E-state index contributed by atoms with van der Waals surface area (Å²) in [5.41, 5.74) is 3.46. The molecule has 0 aliphatic heterocycles. The molecule has 2 nitrogen and oxygen atoms in total. The standard InChI is InChI=1S/C26H24F2N2/c1-2-3-16-4-6-17(7-5-16)20-12-24(27)26(25(28)13-20)21-8-18-10-22(14-29)23(15-30)11-19(18)9-21/h8,10-13,16-17H,2-7,9H2,1H3. The molecule has 2 aromatic carbocycles. The lowest BCUT2D eigenvalue weighted by Crippen LogP contribution is -2.14. The molecule has 4 rings (SSSR count). The fourth-order valence-corrected chi connectivity index (χ4v) is 5.07. The van der Waals surface area contributed by atoms with E-state index in [1.807, 2.05) is 12.1 Å². The highest BCUT2D eigenvalue weighted by atomic mass is 19.1. The number of hydrogen-bond donors (Lipinski definition) is 0. The number of nitrogens with zero attached hydrogens (tertiary/aromatic N) is 2. The fraction of sp³-hybridized carbons (Fsp3) is 0.385. The van der Waals surface area contributed by atoms with E-state index >= 15 is 8.78 Å². The van der Waals surface area contributed by atoms with Crippen molar-refractivity contribution in [2.24, 2.45) is 5.92 Å². The predicted molar refractivity (Wildman–Crippen MR) is 113 cm³/mol. The molecule has 152 valence electrons. The highest BCUT2D eigenvalue weighted by Crippen LogP contribution is 2.40. The van der Waals surface area contributed by atoms with Gasteiger partial charge in [-0.05, 0) is 90.5 Å². The number of halogens is 2. The maximum atomic E-state index is 15.0. The first-order valence-corrected chi connectivity index (χ1v) is 10.7. The molecule has 1 saturated carbocycles. The van der Waals surface area contributed by atoms with E-state index < -0.39 is 11.6 Å². The lowest BCUT2D eigenvalue weighted by Gasteiger charge is -2.29. The Labute approximate surface area is 176 Å². The first-order valence-electron chi connectivity index (χ1n) is 10.7. The lowest BCUT2D eigenvalue weighted by molar-refractivity contribution is 0.307. The van der Waals surface area contributed by atoms with E-state index in [1.165, 1.54) is 25.0 Å². The second-order valence-electron chi connectivity index (χ2n) is 8.53. The summed E-state index contributed by atoms with van der Waals surface area (Å²) in [6.45, 7) is 2.20. The molecule has 0 heterocycles. The van der Waals surface area contributed by atoms with E-state index in [1.54, 1.807) is 18.2 Å². The molecule has 0 atom stereocenters. The Morgan fingerprint density at radius 1 is 0.933 bits per heavy atom. The van der Waals surface area contributed by atoms with Gasteiger partial charge in [-0.2, -0.15) is 10.5 Å². The molecular weight excluding hydrogens is 378 g/mol. The van der Waals surface area contributed by atoms with Gasteiger partial charge in [0.1, 0.15) is 23.8 Å². The Morgan fingerprint density at radius 2 is 1.57 bits per heavy atom. The van der Waals surface area contributed by atoms with Crippen LogP contribution in [0.1, 0.15) is 84.7 Å². The van der Waals surface area contributed by atoms with Crippen molar-refractivity contribution in [1.29, 1.82) is 10.5 Å². The van der Waals surface area contributed by atoms with Crippen LogP contribution in [-0.2, 0) is 6.42 Å². The largest absolute Gasteiger partial charge is 0.206 e. The average Bonchev–Trinajstić information content (AvgIpc) is 3.15. The minimum Gasteiger partial charge on any atom is -0.206 e. The predicted octanol–water partition coefficient (Wildman–Crippen LogP) is 6.88. The molecule has 0 saturated heterocycles. The highest BCUT2D eigenvalue weighted by Gasteiger charge is 2.26. The smallest absolute Gasteiger partial charge is 0.133 e. The molecule has 0 amide bonds. The fourth-order valence-electron chi connectivity index (χ4n) is 5.07. The minimum atomic E-state index is -0.527. The number of hydrogen-bond acceptors (Lipinski definition) is 2. The molecule has 0 aromatic heterocycles. The third-order valence-electron chi connectivity index (χ3n) is 6.63. The van der Waals surface area contributed by atoms with Crippen LogP contribution in [0, 0.1) is 40.2 Å². The Bertz CT molecular complexity index is 1070. The summed E-state index contributed by atoms with van der Waals surface area (Å²) in [6.07, 6.45) is 8.76. The number of nitriles is 2. The number of fused-ring (bicyclic) bond motifs is 1. The zero-order valence-electron chi connectivity index (χ0n) is 17.1. The molecule has 4 heteroatoms. The Balaban J connectivity index is 1.59. The van der Waals surface area contributed by atoms with Gasteiger partial charge in [-0.25, -0.2) is 8.78 Å². The molecule has 0 N–H and O–H groups in total. The van der Waals surface area contributed by atoms with Crippen LogP contribution >= 0.6 is 0 Å². The van der Waals surface area contributed by atoms with Gasteiger partial charge in [-0.15, -0.1) is 0 Å². The topological polar surface area (TPSA) is 47.6 Å². The summed E-state index contributed by atoms with van der Waals surface area (Å²) in [5, 5.41) is 18.4. The van der Waals surface area contributed by atoms with Gasteiger partial charge in [0.15, 0.2) is 0 Å². The molecule has 0 spiro atoms. The quantitative estimate of drug-likeness (QED) is 0.560. The second-order valence-corrected chi connectivity index (χ2v) is 8.53. The van der Waals surface area contributed by atoms with Gasteiger partial charge in [0.25, 0.3) is 0 Å². The van der Waals surface area contributed by atoms with Crippen molar-refractivity contribution < 1.29 is 8.78 Å². The van der Waals surface area contributed by atoms with Crippen molar-refractivity contribution in [2.45, 2.75) is 57.8 Å². The summed E-state index contributed by atoms with van der Waals surface area (Å²) in [7, 11) is 0. The van der Waals surface area contributed by atoms with Crippen molar-refractivity contribution in [1.82, 2.24) is 0 Å². The zero-order valence-corrected chi connectivity index (χ0v) is 17.1. The summed E-state index contributed by atoms with van der Waals surface area (Å²) in [6, 6.07) is 10.3. The summed E-state index contributed by atoms with van der Waals surface area (Å²) < 4.78 is 30.1. The van der Waals surface area contributed by atoms with Crippen molar-refractivity contribution in [3.63, 3.8) is 0 Å². The van der Waals surface area contributed by atoms with Gasteiger partial charge in [0.2, 0.25) is 0 Å². The third-order valence-corrected chi connectivity index (χ3v) is 6.63. The molecule has 0 unspecified atom stereocenters. The number of allylic oxidation sites excluding steroid dienone is 1. The second kappa shape index (κ2) is 8.41. The maximum Gasteiger partial charge on any atom is 0.133 e. The highest BCUT2D eigenvalue weighted by molar-refractivity contribution is 5.89. The summed E-state index contributed by atoms with van der Waals surface area (Å²) >= 11 is 0. The summed E-state index contributed by atoms with van der Waals surface area (Å²) in [4.78, 5) is 0. The molecule has 2 aliphatic rings. The number of rotatable bonds is 4. The first kappa shape index (κ1) is 20.3. The van der Waals surface area contributed by atoms with Crippen LogP contribution < -0.4 is 0 Å². The monoisotopic (exact) mass is 402 g/mol. The normalized spacial score (nSPS) is 20.2. The third kappa shape index (κ3) is 3.75. The Hall–Kier alpha value is -2.98. The van der Waals surface area contributed by atoms with Crippen LogP contribution in [-0.4, -0.2) is 0 Å². The van der Waals surface area contributed by atoms with E-state index in [-0.39, 0.29) is 17.0 Å². The lowest BCUT2D eigenvalue weighted by atomic mass is 9.77. The van der Waals surface area contributed by atoms with Gasteiger partial charge in [0, 0.05) is 5.56 Å². The molecule has 2 aromatic rings. The molecule has 2 aliphatic carbocycles. The maximum absolute atomic E-state index is 15.0. The van der Waals surface area contributed by atoms with Crippen LogP contribution in [0.15, 0.2) is 24.3 Å². The average molecular weight is 402 g/mol. The minimum absolute atomic E-state index is 0.00614. The van der Waals surface area contributed by atoms with E-state index in [9.17, 15) is 10.5 Å². The first-order chi connectivity index (χ1) is 14.5. The summed E-state index contributed by atoms with van der Waals surface area (Å²) in [5.74, 6) is -0.0808. The van der Waals surface area contributed by atoms with Crippen LogP contribution in [0.4, 0.5) is 8.78 Å². The molecular formula is C26H24F2N2. The van der Waals surface area contributed by atoms with Gasteiger partial charge >= 0.3 is 0 Å². The van der Waals surface area contributed by atoms with Gasteiger partial charge in [0.05, 0.1) is 11.1 Å².